The Morgan fingerprint density at radius 1 is 1.29 bits per heavy atom. The molecule has 128 valence electrons. The average molecular weight is 331 g/mol. The van der Waals surface area contributed by atoms with Crippen LogP contribution in [0.25, 0.3) is 5.57 Å². The molecule has 0 radical (unpaired) electrons. The third kappa shape index (κ3) is 4.31. The summed E-state index contributed by atoms with van der Waals surface area (Å²) in [6.07, 6.45) is 1.65. The summed E-state index contributed by atoms with van der Waals surface area (Å²) >= 11 is 0. The minimum Gasteiger partial charge on any atom is -0.497 e. The minimum atomic E-state index is -0.461. The van der Waals surface area contributed by atoms with Crippen LogP contribution in [0.5, 0.6) is 5.75 Å². The Bertz CT molecular complexity index is 707. The zero-order chi connectivity index (χ0) is 17.5. The number of hydrogen-bond acceptors (Lipinski definition) is 7. The van der Waals surface area contributed by atoms with Crippen LogP contribution in [0, 0.1) is 0 Å². The van der Waals surface area contributed by atoms with Crippen LogP contribution in [0.1, 0.15) is 18.3 Å². The molecule has 1 heterocycles. The lowest BCUT2D eigenvalue weighted by atomic mass is 10.2. The highest BCUT2D eigenvalue weighted by molar-refractivity contribution is 6.15. The number of nitrogens with zero attached hydrogens (tertiary/aromatic N) is 5. The van der Waals surface area contributed by atoms with Gasteiger partial charge in [-0.2, -0.15) is 0 Å². The molecule has 0 saturated heterocycles. The van der Waals surface area contributed by atoms with E-state index in [2.05, 4.69) is 15.5 Å². The fraction of sp³-hybridized carbons (Fsp3) is 0.375. The molecule has 0 unspecified atom stereocenters. The van der Waals surface area contributed by atoms with Crippen LogP contribution in [0.15, 0.2) is 30.5 Å². The molecular formula is C16H21N5O3. The predicted molar refractivity (Wildman–Crippen MR) is 88.2 cm³/mol. The molecule has 0 fully saturated rings. The highest BCUT2D eigenvalue weighted by atomic mass is 16.5. The molecule has 0 amide bonds. The number of carbonyl (C=O) groups excluding carboxylic acids is 1. The van der Waals surface area contributed by atoms with Gasteiger partial charge in [0, 0.05) is 20.3 Å². The molecule has 0 aliphatic rings. The maximum atomic E-state index is 12.2. The van der Waals surface area contributed by atoms with Crippen molar-refractivity contribution in [3.63, 3.8) is 0 Å². The van der Waals surface area contributed by atoms with Crippen molar-refractivity contribution >= 4 is 11.5 Å². The molecule has 24 heavy (non-hydrogen) atoms. The van der Waals surface area contributed by atoms with Crippen molar-refractivity contribution in [1.82, 2.24) is 25.1 Å². The molecule has 0 aliphatic heterocycles. The number of ether oxygens (including phenoxy) is 2. The van der Waals surface area contributed by atoms with E-state index in [1.54, 1.807) is 29.8 Å². The van der Waals surface area contributed by atoms with E-state index in [1.807, 2.05) is 38.4 Å². The first-order valence-corrected chi connectivity index (χ1v) is 7.50. The number of rotatable bonds is 7. The van der Waals surface area contributed by atoms with Crippen LogP contribution in [-0.2, 0) is 16.1 Å². The normalized spacial score (nSPS) is 11.2. The molecule has 0 spiro atoms. The van der Waals surface area contributed by atoms with Gasteiger partial charge in [0.1, 0.15) is 11.3 Å². The summed E-state index contributed by atoms with van der Waals surface area (Å²) in [5.41, 5.74) is 1.29. The number of benzene rings is 1. The fourth-order valence-corrected chi connectivity index (χ4v) is 2.08. The molecule has 0 atom stereocenters. The number of methoxy groups -OCH3 is 1. The molecule has 0 saturated carbocycles. The monoisotopic (exact) mass is 331 g/mol. The SMILES string of the molecule is CCOC(=O)/C(=C\N(C)C)c1nnnn1Cc1ccc(OC)cc1. The van der Waals surface area contributed by atoms with Gasteiger partial charge in [-0.25, -0.2) is 9.48 Å². The van der Waals surface area contributed by atoms with Gasteiger partial charge in [-0.05, 0) is 35.0 Å². The second kappa shape index (κ2) is 8.09. The van der Waals surface area contributed by atoms with Crippen molar-refractivity contribution in [2.24, 2.45) is 0 Å². The molecule has 0 aliphatic carbocycles. The zero-order valence-corrected chi connectivity index (χ0v) is 14.3. The second-order valence-corrected chi connectivity index (χ2v) is 5.24. The van der Waals surface area contributed by atoms with Crippen LogP contribution in [0.2, 0.25) is 0 Å². The Labute approximate surface area is 140 Å². The minimum absolute atomic E-state index is 0.281. The molecule has 0 N–H and O–H groups in total. The smallest absolute Gasteiger partial charge is 0.343 e. The van der Waals surface area contributed by atoms with Crippen molar-refractivity contribution in [3.05, 3.63) is 41.9 Å². The summed E-state index contributed by atoms with van der Waals surface area (Å²) in [4.78, 5) is 14.0. The van der Waals surface area contributed by atoms with Crippen molar-refractivity contribution in [1.29, 1.82) is 0 Å². The van der Waals surface area contributed by atoms with Gasteiger partial charge in [-0.3, -0.25) is 0 Å². The number of hydrogen-bond donors (Lipinski definition) is 0. The van der Waals surface area contributed by atoms with Crippen LogP contribution in [-0.4, -0.2) is 58.9 Å². The van der Waals surface area contributed by atoms with E-state index >= 15 is 0 Å². The van der Waals surface area contributed by atoms with Crippen LogP contribution >= 0.6 is 0 Å². The second-order valence-electron chi connectivity index (χ2n) is 5.24. The molecule has 0 bridgehead atoms. The van der Waals surface area contributed by atoms with E-state index < -0.39 is 5.97 Å². The van der Waals surface area contributed by atoms with E-state index in [0.717, 1.165) is 11.3 Å². The lowest BCUT2D eigenvalue weighted by Crippen LogP contribution is -2.16. The quantitative estimate of drug-likeness (QED) is 0.557. The third-order valence-corrected chi connectivity index (χ3v) is 3.15. The lowest BCUT2D eigenvalue weighted by Gasteiger charge is -2.11. The maximum absolute atomic E-state index is 12.2. The van der Waals surface area contributed by atoms with Gasteiger partial charge >= 0.3 is 5.97 Å². The Kier molecular flexibility index (Phi) is 5.89. The lowest BCUT2D eigenvalue weighted by molar-refractivity contribution is -0.136. The summed E-state index contributed by atoms with van der Waals surface area (Å²) < 4.78 is 11.8. The van der Waals surface area contributed by atoms with Gasteiger partial charge in [-0.1, -0.05) is 12.1 Å². The molecule has 2 aromatic rings. The van der Waals surface area contributed by atoms with Gasteiger partial charge < -0.3 is 14.4 Å². The highest BCUT2D eigenvalue weighted by Crippen LogP contribution is 2.16. The summed E-state index contributed by atoms with van der Waals surface area (Å²) in [6.45, 7) is 2.46. The summed E-state index contributed by atoms with van der Waals surface area (Å²) in [7, 11) is 5.25. The number of tetrazole rings is 1. The molecule has 1 aromatic heterocycles. The van der Waals surface area contributed by atoms with Crippen LogP contribution in [0.3, 0.4) is 0 Å². The average Bonchev–Trinajstić information content (AvgIpc) is 3.01. The largest absolute Gasteiger partial charge is 0.497 e. The standard InChI is InChI=1S/C16H21N5O3/c1-5-24-16(22)14(11-20(2)3)15-17-18-19-21(15)10-12-6-8-13(23-4)9-7-12/h6-9,11H,5,10H2,1-4H3/b14-11-. The third-order valence-electron chi connectivity index (χ3n) is 3.15. The zero-order valence-electron chi connectivity index (χ0n) is 14.3. The molecule has 2 rings (SSSR count). The highest BCUT2D eigenvalue weighted by Gasteiger charge is 2.21. The molecular weight excluding hydrogens is 310 g/mol. The van der Waals surface area contributed by atoms with Gasteiger partial charge in [0.15, 0.2) is 5.82 Å². The van der Waals surface area contributed by atoms with E-state index in [-0.39, 0.29) is 6.61 Å². The van der Waals surface area contributed by atoms with Gasteiger partial charge in [0.25, 0.3) is 0 Å². The Morgan fingerprint density at radius 2 is 2.00 bits per heavy atom. The Balaban J connectivity index is 2.30. The maximum Gasteiger partial charge on any atom is 0.343 e. The topological polar surface area (TPSA) is 82.4 Å². The first kappa shape index (κ1) is 17.5. The summed E-state index contributed by atoms with van der Waals surface area (Å²) in [5, 5.41) is 11.7. The van der Waals surface area contributed by atoms with Crippen LogP contribution in [0.4, 0.5) is 0 Å². The van der Waals surface area contributed by atoms with Gasteiger partial charge in [-0.15, -0.1) is 5.10 Å². The molecule has 8 heteroatoms. The summed E-state index contributed by atoms with van der Waals surface area (Å²) in [5.74, 6) is 0.672. The van der Waals surface area contributed by atoms with Gasteiger partial charge in [0.05, 0.1) is 20.3 Å². The molecule has 1 aromatic carbocycles. The van der Waals surface area contributed by atoms with Crippen molar-refractivity contribution in [3.8, 4) is 5.75 Å². The van der Waals surface area contributed by atoms with Crippen molar-refractivity contribution in [2.75, 3.05) is 27.8 Å². The van der Waals surface area contributed by atoms with E-state index in [9.17, 15) is 4.79 Å². The first-order valence-electron chi connectivity index (χ1n) is 7.50. The van der Waals surface area contributed by atoms with Crippen LogP contribution < -0.4 is 4.74 Å². The van der Waals surface area contributed by atoms with E-state index in [0.29, 0.717) is 17.9 Å². The Hall–Kier alpha value is -2.90. The van der Waals surface area contributed by atoms with E-state index in [1.165, 1.54) is 0 Å². The van der Waals surface area contributed by atoms with E-state index in [4.69, 9.17) is 9.47 Å². The fourth-order valence-electron chi connectivity index (χ4n) is 2.08. The first-order chi connectivity index (χ1) is 11.5. The number of carbonyl (C=O) groups is 1. The summed E-state index contributed by atoms with van der Waals surface area (Å²) in [6, 6.07) is 7.57. The van der Waals surface area contributed by atoms with Crippen molar-refractivity contribution < 1.29 is 14.3 Å². The predicted octanol–water partition coefficient (Wildman–Crippen LogP) is 1.20. The van der Waals surface area contributed by atoms with Gasteiger partial charge in [0.2, 0.25) is 0 Å². The number of aromatic nitrogens is 4. The number of esters is 1. The Morgan fingerprint density at radius 3 is 2.58 bits per heavy atom. The van der Waals surface area contributed by atoms with Crippen molar-refractivity contribution in [2.45, 2.75) is 13.5 Å². The molecule has 8 nitrogen and oxygen atoms in total.